The summed E-state index contributed by atoms with van der Waals surface area (Å²) < 4.78 is 6.03. The van der Waals surface area contributed by atoms with E-state index in [1.807, 2.05) is 42.5 Å². The number of nitrogens with two attached hydrogens (primary N) is 1. The largest absolute Gasteiger partial charge is 0.476 e. The van der Waals surface area contributed by atoms with Crippen molar-refractivity contribution in [1.82, 2.24) is 0 Å². The number of hydrogen-bond donors (Lipinski definition) is 3. The van der Waals surface area contributed by atoms with E-state index >= 15 is 0 Å². The number of ether oxygens (including phenoxy) is 1. The third-order valence-electron chi connectivity index (χ3n) is 5.26. The molecule has 7 nitrogen and oxygen atoms in total. The second-order valence-corrected chi connectivity index (χ2v) is 7.54. The molecular weight excluding hydrogens is 404 g/mol. The first-order valence-corrected chi connectivity index (χ1v) is 10.4. The summed E-state index contributed by atoms with van der Waals surface area (Å²) >= 11 is 0. The number of rotatable bonds is 7. The Bertz CT molecular complexity index is 1130. The Morgan fingerprint density at radius 1 is 1.03 bits per heavy atom. The summed E-state index contributed by atoms with van der Waals surface area (Å²) in [6.07, 6.45) is 0.524. The van der Waals surface area contributed by atoms with E-state index in [0.29, 0.717) is 35.5 Å². The maximum absolute atomic E-state index is 13.2. The molecule has 0 aliphatic carbocycles. The third kappa shape index (κ3) is 4.78. The summed E-state index contributed by atoms with van der Waals surface area (Å²) in [6.45, 7) is 0.716. The van der Waals surface area contributed by atoms with Crippen molar-refractivity contribution in [3.05, 3.63) is 90.0 Å². The fourth-order valence-corrected chi connectivity index (χ4v) is 3.63. The van der Waals surface area contributed by atoms with Gasteiger partial charge in [0, 0.05) is 35.5 Å². The van der Waals surface area contributed by atoms with Crippen molar-refractivity contribution < 1.29 is 14.3 Å². The predicted molar refractivity (Wildman–Crippen MR) is 124 cm³/mol. The first-order valence-electron chi connectivity index (χ1n) is 10.4. The Hall–Kier alpha value is -4.13. The third-order valence-corrected chi connectivity index (χ3v) is 5.26. The van der Waals surface area contributed by atoms with Crippen LogP contribution in [-0.4, -0.2) is 24.2 Å². The molecule has 1 aliphatic heterocycles. The minimum absolute atomic E-state index is 0.0762. The summed E-state index contributed by atoms with van der Waals surface area (Å²) in [7, 11) is 0. The average Bonchev–Trinajstić information content (AvgIpc) is 3.24. The van der Waals surface area contributed by atoms with Gasteiger partial charge in [0.05, 0.1) is 0 Å². The number of benzene rings is 3. The molecule has 0 saturated carbocycles. The number of nitrogen functional groups attached to an aromatic ring is 1. The molecule has 0 spiro atoms. The zero-order valence-electron chi connectivity index (χ0n) is 17.5. The van der Waals surface area contributed by atoms with Gasteiger partial charge in [-0.3, -0.25) is 15.0 Å². The van der Waals surface area contributed by atoms with Crippen LogP contribution in [0, 0.1) is 5.41 Å². The molecule has 0 radical (unpaired) electrons. The molecule has 3 aromatic rings. The van der Waals surface area contributed by atoms with Gasteiger partial charge in [-0.15, -0.1) is 0 Å². The Labute approximate surface area is 186 Å². The zero-order valence-corrected chi connectivity index (χ0v) is 17.5. The maximum atomic E-state index is 13.2. The summed E-state index contributed by atoms with van der Waals surface area (Å²) in [5.74, 6) is 0.138. The molecule has 0 aromatic heterocycles. The van der Waals surface area contributed by atoms with E-state index < -0.39 is 6.10 Å². The lowest BCUT2D eigenvalue weighted by Crippen LogP contribution is -2.26. The van der Waals surface area contributed by atoms with Crippen LogP contribution < -0.4 is 20.7 Å². The molecule has 7 heteroatoms. The summed E-state index contributed by atoms with van der Waals surface area (Å²) in [6, 6.07) is 23.2. The molecule has 0 bridgehead atoms. The van der Waals surface area contributed by atoms with Gasteiger partial charge in [0.2, 0.25) is 12.0 Å². The molecule has 1 heterocycles. The lowest BCUT2D eigenvalue weighted by molar-refractivity contribution is -0.123. The standard InChI is InChI=1S/C25H24N4O3/c26-24(27)18-8-4-9-21(16-18)32-23(17-6-2-1-3-7-17)25(31)28-19-11-13-20(14-12-19)29-15-5-10-22(29)30/h1-4,6-9,11-14,16,23H,5,10,15H2,(H3,26,27)(H,28,31). The van der Waals surface area contributed by atoms with Crippen LogP contribution in [-0.2, 0) is 9.59 Å². The number of anilines is 2. The van der Waals surface area contributed by atoms with Gasteiger partial charge >= 0.3 is 0 Å². The predicted octanol–water partition coefficient (Wildman–Crippen LogP) is 3.86. The van der Waals surface area contributed by atoms with Crippen molar-refractivity contribution in [1.29, 1.82) is 5.41 Å². The highest BCUT2D eigenvalue weighted by atomic mass is 16.5. The molecule has 1 unspecified atom stereocenters. The number of nitrogens with zero attached hydrogens (tertiary/aromatic N) is 1. The van der Waals surface area contributed by atoms with E-state index in [9.17, 15) is 9.59 Å². The molecule has 3 aromatic carbocycles. The molecule has 32 heavy (non-hydrogen) atoms. The number of carbonyl (C=O) groups excluding carboxylic acids is 2. The minimum Gasteiger partial charge on any atom is -0.476 e. The lowest BCUT2D eigenvalue weighted by Gasteiger charge is -2.20. The van der Waals surface area contributed by atoms with Gasteiger partial charge in [-0.2, -0.15) is 0 Å². The first-order chi connectivity index (χ1) is 15.5. The zero-order chi connectivity index (χ0) is 22.5. The Balaban J connectivity index is 1.53. The van der Waals surface area contributed by atoms with Gasteiger partial charge < -0.3 is 20.7 Å². The Kier molecular flexibility index (Phi) is 6.17. The molecule has 2 amide bonds. The van der Waals surface area contributed by atoms with Crippen LogP contribution in [0.1, 0.15) is 30.1 Å². The van der Waals surface area contributed by atoms with E-state index in [4.69, 9.17) is 15.9 Å². The van der Waals surface area contributed by atoms with Crippen molar-refractivity contribution in [2.24, 2.45) is 5.73 Å². The highest BCUT2D eigenvalue weighted by molar-refractivity contribution is 5.97. The maximum Gasteiger partial charge on any atom is 0.270 e. The minimum atomic E-state index is -0.904. The van der Waals surface area contributed by atoms with Gasteiger partial charge in [0.15, 0.2) is 0 Å². The quantitative estimate of drug-likeness (QED) is 0.392. The monoisotopic (exact) mass is 428 g/mol. The van der Waals surface area contributed by atoms with Crippen LogP contribution >= 0.6 is 0 Å². The molecule has 1 atom stereocenters. The summed E-state index contributed by atoms with van der Waals surface area (Å²) in [5.41, 5.74) is 8.21. The SMILES string of the molecule is N=C(N)c1cccc(OC(C(=O)Nc2ccc(N3CCCC3=O)cc2)c2ccccc2)c1. The van der Waals surface area contributed by atoms with Crippen molar-refractivity contribution >= 4 is 29.0 Å². The van der Waals surface area contributed by atoms with Gasteiger partial charge in [0.1, 0.15) is 11.6 Å². The normalized spacial score (nSPS) is 14.1. The van der Waals surface area contributed by atoms with Crippen molar-refractivity contribution in [3.63, 3.8) is 0 Å². The Morgan fingerprint density at radius 3 is 2.44 bits per heavy atom. The molecule has 1 fully saturated rings. The lowest BCUT2D eigenvalue weighted by atomic mass is 10.1. The van der Waals surface area contributed by atoms with Crippen LogP contribution in [0.25, 0.3) is 0 Å². The Morgan fingerprint density at radius 2 is 1.78 bits per heavy atom. The number of amides is 2. The van der Waals surface area contributed by atoms with Crippen LogP contribution in [0.15, 0.2) is 78.9 Å². The second-order valence-electron chi connectivity index (χ2n) is 7.54. The smallest absolute Gasteiger partial charge is 0.270 e. The van der Waals surface area contributed by atoms with E-state index in [2.05, 4.69) is 5.32 Å². The van der Waals surface area contributed by atoms with Crippen molar-refractivity contribution in [2.45, 2.75) is 18.9 Å². The van der Waals surface area contributed by atoms with Crippen LogP contribution in [0.4, 0.5) is 11.4 Å². The fourth-order valence-electron chi connectivity index (χ4n) is 3.63. The molecule has 1 aliphatic rings. The molecule has 1 saturated heterocycles. The molecule has 4 rings (SSSR count). The van der Waals surface area contributed by atoms with Gasteiger partial charge in [-0.05, 0) is 42.8 Å². The fraction of sp³-hybridized carbons (Fsp3) is 0.160. The van der Waals surface area contributed by atoms with Crippen LogP contribution in [0.3, 0.4) is 0 Å². The van der Waals surface area contributed by atoms with Gasteiger partial charge in [-0.25, -0.2) is 0 Å². The van der Waals surface area contributed by atoms with Gasteiger partial charge in [0.25, 0.3) is 5.91 Å². The van der Waals surface area contributed by atoms with E-state index in [0.717, 1.165) is 12.1 Å². The summed E-state index contributed by atoms with van der Waals surface area (Å²) in [4.78, 5) is 26.9. The molecule has 4 N–H and O–H groups in total. The number of amidine groups is 1. The van der Waals surface area contributed by atoms with Crippen LogP contribution in [0.5, 0.6) is 5.75 Å². The van der Waals surface area contributed by atoms with Gasteiger partial charge in [-0.1, -0.05) is 42.5 Å². The number of hydrogen-bond acceptors (Lipinski definition) is 4. The first kappa shape index (κ1) is 21.1. The topological polar surface area (TPSA) is 109 Å². The number of carbonyl (C=O) groups is 2. The van der Waals surface area contributed by atoms with Crippen LogP contribution in [0.2, 0.25) is 0 Å². The highest BCUT2D eigenvalue weighted by Crippen LogP contribution is 2.26. The average molecular weight is 428 g/mol. The van der Waals surface area contributed by atoms with E-state index in [1.54, 1.807) is 41.3 Å². The van der Waals surface area contributed by atoms with Crippen molar-refractivity contribution in [2.75, 3.05) is 16.8 Å². The van der Waals surface area contributed by atoms with Crippen molar-refractivity contribution in [3.8, 4) is 5.75 Å². The molecule has 162 valence electrons. The summed E-state index contributed by atoms with van der Waals surface area (Å²) in [5, 5.41) is 10.5. The molecular formula is C25H24N4O3. The number of nitrogens with one attached hydrogen (secondary N) is 2. The van der Waals surface area contributed by atoms with E-state index in [-0.39, 0.29) is 17.6 Å². The second kappa shape index (κ2) is 9.34. The highest BCUT2D eigenvalue weighted by Gasteiger charge is 2.24. The van der Waals surface area contributed by atoms with E-state index in [1.165, 1.54) is 0 Å².